The Bertz CT molecular complexity index is 808. The Morgan fingerprint density at radius 1 is 1.24 bits per heavy atom. The summed E-state index contributed by atoms with van der Waals surface area (Å²) in [5, 5.41) is 12.5. The van der Waals surface area contributed by atoms with Gasteiger partial charge in [0.05, 0.1) is 11.0 Å². The lowest BCUT2D eigenvalue weighted by Crippen LogP contribution is -2.12. The molecule has 1 heterocycles. The highest BCUT2D eigenvalue weighted by molar-refractivity contribution is 7.99. The maximum atomic E-state index is 8.64. The normalized spacial score (nSPS) is 12.0. The van der Waals surface area contributed by atoms with Gasteiger partial charge in [-0.2, -0.15) is 0 Å². The van der Waals surface area contributed by atoms with E-state index in [-0.39, 0.29) is 5.84 Å². The van der Waals surface area contributed by atoms with E-state index in [9.17, 15) is 0 Å². The van der Waals surface area contributed by atoms with E-state index in [2.05, 4.69) is 28.1 Å². The van der Waals surface area contributed by atoms with Gasteiger partial charge >= 0.3 is 0 Å². The van der Waals surface area contributed by atoms with Crippen LogP contribution in [0.3, 0.4) is 0 Å². The number of aromatic nitrogens is 2. The molecular weight excluding hydrogens is 284 g/mol. The molecule has 106 valence electrons. The molecule has 0 fully saturated rings. The topological polar surface area (TPSA) is 87.3 Å². The van der Waals surface area contributed by atoms with Crippen LogP contribution in [0.25, 0.3) is 11.0 Å². The van der Waals surface area contributed by atoms with E-state index >= 15 is 0 Å². The fourth-order valence-corrected chi connectivity index (χ4v) is 2.81. The van der Waals surface area contributed by atoms with Gasteiger partial charge in [0.1, 0.15) is 0 Å². The maximum Gasteiger partial charge on any atom is 0.171 e. The molecule has 0 amide bonds. The minimum absolute atomic E-state index is 0.103. The highest BCUT2D eigenvalue weighted by Crippen LogP contribution is 2.27. The van der Waals surface area contributed by atoms with Crippen molar-refractivity contribution in [2.45, 2.75) is 17.0 Å². The second kappa shape index (κ2) is 5.49. The first kappa shape index (κ1) is 13.5. The van der Waals surface area contributed by atoms with Gasteiger partial charge in [-0.15, -0.1) is 0 Å². The lowest BCUT2D eigenvalue weighted by atomic mass is 10.2. The van der Waals surface area contributed by atoms with Crippen LogP contribution < -0.4 is 5.73 Å². The number of fused-ring (bicyclic) bond motifs is 1. The molecule has 0 unspecified atom stereocenters. The molecule has 0 aliphatic heterocycles. The standard InChI is InChI=1S/C15H14N4OS/c1-9-2-7-12-13(8-9)18-15(17-12)21-11-5-3-10(4-6-11)14(16)19-20/h2-8,20H,1H3,(H2,16,19)(H,17,18). The molecule has 0 atom stereocenters. The number of H-pyrrole nitrogens is 1. The minimum atomic E-state index is 0.103. The first-order chi connectivity index (χ1) is 10.2. The van der Waals surface area contributed by atoms with Crippen molar-refractivity contribution < 1.29 is 5.21 Å². The summed E-state index contributed by atoms with van der Waals surface area (Å²) in [6.07, 6.45) is 0. The van der Waals surface area contributed by atoms with Crippen LogP contribution in [0.5, 0.6) is 0 Å². The SMILES string of the molecule is Cc1ccc2nc(Sc3ccc(C(N)=NO)cc3)[nH]c2c1. The third-order valence-electron chi connectivity index (χ3n) is 3.09. The predicted octanol–water partition coefficient (Wildman–Crippen LogP) is 3.12. The lowest BCUT2D eigenvalue weighted by molar-refractivity contribution is 0.318. The molecule has 0 spiro atoms. The minimum Gasteiger partial charge on any atom is -0.409 e. The van der Waals surface area contributed by atoms with Crippen molar-refractivity contribution in [3.05, 3.63) is 53.6 Å². The first-order valence-corrected chi connectivity index (χ1v) is 7.19. The van der Waals surface area contributed by atoms with Crippen molar-refractivity contribution in [1.29, 1.82) is 0 Å². The fourth-order valence-electron chi connectivity index (χ4n) is 2.01. The second-order valence-electron chi connectivity index (χ2n) is 4.67. The van der Waals surface area contributed by atoms with Crippen LogP contribution in [0.4, 0.5) is 0 Å². The van der Waals surface area contributed by atoms with Gasteiger partial charge in [-0.3, -0.25) is 0 Å². The molecule has 2 aromatic carbocycles. The van der Waals surface area contributed by atoms with E-state index < -0.39 is 0 Å². The number of nitrogens with two attached hydrogens (primary N) is 1. The average Bonchev–Trinajstić information content (AvgIpc) is 2.88. The molecule has 6 heteroatoms. The molecular formula is C15H14N4OS. The van der Waals surface area contributed by atoms with E-state index in [4.69, 9.17) is 10.9 Å². The van der Waals surface area contributed by atoms with Crippen molar-refractivity contribution in [2.75, 3.05) is 0 Å². The van der Waals surface area contributed by atoms with Crippen LogP contribution in [0.1, 0.15) is 11.1 Å². The Morgan fingerprint density at radius 2 is 2.00 bits per heavy atom. The molecule has 21 heavy (non-hydrogen) atoms. The van der Waals surface area contributed by atoms with Gasteiger partial charge in [0.2, 0.25) is 0 Å². The van der Waals surface area contributed by atoms with Crippen LogP contribution in [-0.2, 0) is 0 Å². The Morgan fingerprint density at radius 3 is 2.71 bits per heavy atom. The second-order valence-corrected chi connectivity index (χ2v) is 5.74. The Labute approximate surface area is 125 Å². The number of aromatic amines is 1. The van der Waals surface area contributed by atoms with E-state index in [0.29, 0.717) is 5.56 Å². The molecule has 0 bridgehead atoms. The summed E-state index contributed by atoms with van der Waals surface area (Å²) in [7, 11) is 0. The average molecular weight is 298 g/mol. The summed E-state index contributed by atoms with van der Waals surface area (Å²) in [5.74, 6) is 0.103. The largest absolute Gasteiger partial charge is 0.409 e. The summed E-state index contributed by atoms with van der Waals surface area (Å²) >= 11 is 1.54. The first-order valence-electron chi connectivity index (χ1n) is 6.38. The van der Waals surface area contributed by atoms with Gasteiger partial charge in [-0.25, -0.2) is 4.98 Å². The third kappa shape index (κ3) is 2.85. The lowest BCUT2D eigenvalue weighted by Gasteiger charge is -2.00. The summed E-state index contributed by atoms with van der Waals surface area (Å²) in [6, 6.07) is 13.6. The summed E-state index contributed by atoms with van der Waals surface area (Å²) < 4.78 is 0. The van der Waals surface area contributed by atoms with Crippen LogP contribution >= 0.6 is 11.8 Å². The molecule has 0 radical (unpaired) electrons. The van der Waals surface area contributed by atoms with E-state index in [1.807, 2.05) is 36.4 Å². The van der Waals surface area contributed by atoms with Crippen molar-refractivity contribution in [1.82, 2.24) is 9.97 Å². The van der Waals surface area contributed by atoms with Crippen molar-refractivity contribution in [3.63, 3.8) is 0 Å². The molecule has 0 saturated heterocycles. The molecule has 4 N–H and O–H groups in total. The number of amidine groups is 1. The van der Waals surface area contributed by atoms with Crippen molar-refractivity contribution >= 4 is 28.6 Å². The molecule has 0 aliphatic rings. The van der Waals surface area contributed by atoms with Gasteiger partial charge in [-0.1, -0.05) is 35.1 Å². The molecule has 0 aliphatic carbocycles. The van der Waals surface area contributed by atoms with Gasteiger partial charge in [0.15, 0.2) is 11.0 Å². The predicted molar refractivity (Wildman–Crippen MR) is 83.9 cm³/mol. The number of nitrogens with zero attached hydrogens (tertiary/aromatic N) is 2. The number of benzene rings is 2. The molecule has 5 nitrogen and oxygen atoms in total. The molecule has 3 aromatic rings. The van der Waals surface area contributed by atoms with Crippen LogP contribution in [0.2, 0.25) is 0 Å². The molecule has 0 saturated carbocycles. The smallest absolute Gasteiger partial charge is 0.171 e. The number of imidazole rings is 1. The van der Waals surface area contributed by atoms with Crippen LogP contribution in [0, 0.1) is 6.92 Å². The zero-order valence-corrected chi connectivity index (χ0v) is 12.2. The molecule has 3 rings (SSSR count). The van der Waals surface area contributed by atoms with Crippen LogP contribution in [-0.4, -0.2) is 21.0 Å². The zero-order chi connectivity index (χ0) is 14.8. The van der Waals surface area contributed by atoms with Crippen LogP contribution in [0.15, 0.2) is 57.7 Å². The van der Waals surface area contributed by atoms with E-state index in [0.717, 1.165) is 21.1 Å². The quantitative estimate of drug-likeness (QED) is 0.300. The van der Waals surface area contributed by atoms with Gasteiger partial charge in [0.25, 0.3) is 0 Å². The number of rotatable bonds is 3. The number of oxime groups is 1. The highest BCUT2D eigenvalue weighted by atomic mass is 32.2. The Kier molecular flexibility index (Phi) is 3.53. The summed E-state index contributed by atoms with van der Waals surface area (Å²) in [5.41, 5.74) is 9.41. The summed E-state index contributed by atoms with van der Waals surface area (Å²) in [6.45, 7) is 2.05. The van der Waals surface area contributed by atoms with E-state index in [1.54, 1.807) is 0 Å². The summed E-state index contributed by atoms with van der Waals surface area (Å²) in [4.78, 5) is 8.87. The number of hydrogen-bond donors (Lipinski definition) is 3. The zero-order valence-electron chi connectivity index (χ0n) is 11.4. The van der Waals surface area contributed by atoms with Gasteiger partial charge in [-0.05, 0) is 36.8 Å². The van der Waals surface area contributed by atoms with Gasteiger partial charge < -0.3 is 15.9 Å². The van der Waals surface area contributed by atoms with Crippen molar-refractivity contribution in [2.24, 2.45) is 10.9 Å². The van der Waals surface area contributed by atoms with Gasteiger partial charge in [0, 0.05) is 10.5 Å². The highest BCUT2D eigenvalue weighted by Gasteiger charge is 2.06. The molecule has 1 aromatic heterocycles. The number of nitrogens with one attached hydrogen (secondary N) is 1. The van der Waals surface area contributed by atoms with Crippen molar-refractivity contribution in [3.8, 4) is 0 Å². The monoisotopic (exact) mass is 298 g/mol. The number of hydrogen-bond acceptors (Lipinski definition) is 4. The maximum absolute atomic E-state index is 8.64. The van der Waals surface area contributed by atoms with E-state index in [1.165, 1.54) is 17.3 Å². The Hall–Kier alpha value is -2.47. The third-order valence-corrected chi connectivity index (χ3v) is 3.98. The number of aryl methyl sites for hydroxylation is 1. The Balaban J connectivity index is 1.84. The fraction of sp³-hybridized carbons (Fsp3) is 0.0667.